The minimum Gasteiger partial charge on any atom is -0.423 e. The smallest absolute Gasteiger partial charge is 0.345 e. The van der Waals surface area contributed by atoms with Crippen LogP contribution in [-0.2, 0) is 4.79 Å². The van der Waals surface area contributed by atoms with E-state index in [0.717, 1.165) is 11.3 Å². The molecule has 2 N–H and O–H groups in total. The first-order valence-corrected chi connectivity index (χ1v) is 9.78. The molecule has 7 heteroatoms. The van der Waals surface area contributed by atoms with Crippen LogP contribution in [0.2, 0.25) is 0 Å². The zero-order chi connectivity index (χ0) is 20.6. The summed E-state index contributed by atoms with van der Waals surface area (Å²) >= 11 is 5.35. The Hall–Kier alpha value is -3.06. The molecule has 1 aliphatic carbocycles. The van der Waals surface area contributed by atoms with Crippen molar-refractivity contribution in [2.24, 2.45) is 11.3 Å². The summed E-state index contributed by atoms with van der Waals surface area (Å²) in [4.78, 5) is 29.0. The second-order valence-corrected chi connectivity index (χ2v) is 8.39. The highest BCUT2D eigenvalue weighted by Gasteiger charge is 2.42. The van der Waals surface area contributed by atoms with Crippen molar-refractivity contribution in [1.29, 1.82) is 0 Å². The lowest BCUT2D eigenvalue weighted by Gasteiger charge is -2.41. The third-order valence-electron chi connectivity index (χ3n) is 5.08. The van der Waals surface area contributed by atoms with Crippen molar-refractivity contribution in [2.75, 3.05) is 0 Å². The van der Waals surface area contributed by atoms with Gasteiger partial charge in [0, 0.05) is 24.5 Å². The molecule has 2 aromatic rings. The maximum absolute atomic E-state index is 12.9. The quantitative estimate of drug-likeness (QED) is 0.459. The van der Waals surface area contributed by atoms with Crippen molar-refractivity contribution in [3.8, 4) is 5.75 Å². The van der Waals surface area contributed by atoms with Crippen molar-refractivity contribution in [2.45, 2.75) is 26.3 Å². The number of thiocarbonyl (C=S) groups is 1. The maximum atomic E-state index is 12.9. The first kappa shape index (κ1) is 19.3. The molecule has 1 aromatic heterocycles. The van der Waals surface area contributed by atoms with Crippen molar-refractivity contribution < 1.29 is 14.3 Å². The Morgan fingerprint density at radius 3 is 2.69 bits per heavy atom. The number of aromatic nitrogens is 1. The topological polar surface area (TPSA) is 80.3 Å². The number of ketones is 1. The number of esters is 1. The van der Waals surface area contributed by atoms with Gasteiger partial charge in [0.15, 0.2) is 5.11 Å². The highest BCUT2D eigenvalue weighted by molar-refractivity contribution is 7.80. The Bertz CT molecular complexity index is 1000. The van der Waals surface area contributed by atoms with E-state index in [2.05, 4.69) is 21.7 Å². The molecule has 2 aliphatic rings. The number of hydrogen-bond acceptors (Lipinski definition) is 5. The van der Waals surface area contributed by atoms with Gasteiger partial charge in [-0.05, 0) is 47.5 Å². The molecule has 4 rings (SSSR count). The molecule has 0 spiro atoms. The average Bonchev–Trinajstić information content (AvgIpc) is 2.67. The zero-order valence-electron chi connectivity index (χ0n) is 16.1. The van der Waals surface area contributed by atoms with Gasteiger partial charge in [0.1, 0.15) is 11.5 Å². The zero-order valence-corrected chi connectivity index (χ0v) is 17.0. The number of carbonyl (C=O) groups excluding carboxylic acids is 2. The molecule has 1 aromatic carbocycles. The third kappa shape index (κ3) is 4.05. The van der Waals surface area contributed by atoms with Gasteiger partial charge in [0.25, 0.3) is 0 Å². The van der Waals surface area contributed by atoms with Crippen LogP contribution >= 0.6 is 12.2 Å². The fourth-order valence-corrected chi connectivity index (χ4v) is 4.08. The summed E-state index contributed by atoms with van der Waals surface area (Å²) in [5, 5.41) is 6.86. The van der Waals surface area contributed by atoms with Crippen LogP contribution in [0.25, 0.3) is 0 Å². The molecule has 0 radical (unpaired) electrons. The van der Waals surface area contributed by atoms with Crippen molar-refractivity contribution in [1.82, 2.24) is 15.6 Å². The summed E-state index contributed by atoms with van der Waals surface area (Å²) in [6, 6.07) is 10.2. The van der Waals surface area contributed by atoms with Crippen LogP contribution in [0.4, 0.5) is 0 Å². The Labute approximate surface area is 174 Å². The number of allylic oxidation sites excluding steroid dienone is 1. The molecule has 2 atom stereocenters. The predicted octanol–water partition coefficient (Wildman–Crippen LogP) is 3.32. The first-order valence-electron chi connectivity index (χ1n) is 9.37. The number of benzene rings is 1. The van der Waals surface area contributed by atoms with E-state index in [4.69, 9.17) is 17.0 Å². The third-order valence-corrected chi connectivity index (χ3v) is 5.30. The van der Waals surface area contributed by atoms with Gasteiger partial charge in [0.2, 0.25) is 0 Å². The minimum absolute atomic E-state index is 0.173. The fourth-order valence-electron chi connectivity index (χ4n) is 3.83. The van der Waals surface area contributed by atoms with E-state index in [-0.39, 0.29) is 23.2 Å². The van der Waals surface area contributed by atoms with Crippen molar-refractivity contribution in [3.63, 3.8) is 0 Å². The molecule has 6 nitrogen and oxygen atoms in total. The summed E-state index contributed by atoms with van der Waals surface area (Å²) in [5.41, 5.74) is 1.94. The van der Waals surface area contributed by atoms with E-state index in [1.807, 2.05) is 26.0 Å². The van der Waals surface area contributed by atoms with Gasteiger partial charge in [-0.25, -0.2) is 4.79 Å². The monoisotopic (exact) mass is 407 g/mol. The number of nitrogens with zero attached hydrogens (tertiary/aromatic N) is 1. The van der Waals surface area contributed by atoms with E-state index < -0.39 is 5.97 Å². The highest BCUT2D eigenvalue weighted by Crippen LogP contribution is 2.40. The van der Waals surface area contributed by atoms with Crippen LogP contribution in [0.15, 0.2) is 60.6 Å². The molecule has 1 saturated heterocycles. The normalized spacial score (nSPS) is 22.6. The highest BCUT2D eigenvalue weighted by atomic mass is 32.1. The number of ether oxygens (including phenoxy) is 1. The van der Waals surface area contributed by atoms with Gasteiger partial charge in [-0.1, -0.05) is 32.1 Å². The lowest BCUT2D eigenvalue weighted by atomic mass is 9.72. The standard InChI is InChI=1S/C22H21N3O3S/c1-22(2)10-16-18(17(26)11-22)19(25-21(29)24-16)13-5-7-15(8-6-13)28-20(27)14-4-3-9-23-12-14/h3-10,12,18-19H,11H2,1-2H3,(H2,24,25,29)/t18-,19-/m1/s1. The molecule has 148 valence electrons. The summed E-state index contributed by atoms with van der Waals surface area (Å²) in [5.74, 6) is -0.196. The summed E-state index contributed by atoms with van der Waals surface area (Å²) < 4.78 is 5.40. The average molecular weight is 407 g/mol. The molecule has 0 amide bonds. The van der Waals surface area contributed by atoms with Crippen molar-refractivity contribution in [3.05, 3.63) is 71.7 Å². The number of Topliss-reactive ketones (excluding diaryl/α,β-unsaturated/α-hetero) is 1. The number of pyridine rings is 1. The second kappa shape index (κ2) is 7.40. The summed E-state index contributed by atoms with van der Waals surface area (Å²) in [6.45, 7) is 4.09. The van der Waals surface area contributed by atoms with E-state index in [1.165, 1.54) is 6.20 Å². The second-order valence-electron chi connectivity index (χ2n) is 7.99. The van der Waals surface area contributed by atoms with Crippen LogP contribution in [0.1, 0.15) is 42.2 Å². The van der Waals surface area contributed by atoms with Crippen LogP contribution in [0.5, 0.6) is 5.75 Å². The molecule has 1 aliphatic heterocycles. The lowest BCUT2D eigenvalue weighted by Crippen LogP contribution is -2.53. The van der Waals surface area contributed by atoms with E-state index >= 15 is 0 Å². The number of rotatable bonds is 3. The molecule has 0 bridgehead atoms. The molecule has 0 saturated carbocycles. The van der Waals surface area contributed by atoms with E-state index in [1.54, 1.807) is 30.5 Å². The SMILES string of the molecule is CC1(C)C=C2NC(=S)N[C@H](c3ccc(OC(=O)c4cccnc4)cc3)[C@H]2C(=O)C1. The maximum Gasteiger partial charge on any atom is 0.345 e. The summed E-state index contributed by atoms with van der Waals surface area (Å²) in [7, 11) is 0. The Morgan fingerprint density at radius 1 is 1.24 bits per heavy atom. The van der Waals surface area contributed by atoms with E-state index in [0.29, 0.717) is 22.8 Å². The number of hydrogen-bond donors (Lipinski definition) is 2. The van der Waals surface area contributed by atoms with Gasteiger partial charge in [0.05, 0.1) is 17.5 Å². The molecular formula is C22H21N3O3S. The van der Waals surface area contributed by atoms with Gasteiger partial charge in [-0.3, -0.25) is 9.78 Å². The fraction of sp³-hybridized carbons (Fsp3) is 0.273. The van der Waals surface area contributed by atoms with Crippen LogP contribution < -0.4 is 15.4 Å². The number of fused-ring (bicyclic) bond motifs is 1. The Kier molecular flexibility index (Phi) is 4.92. The summed E-state index contributed by atoms with van der Waals surface area (Å²) in [6.07, 6.45) is 5.64. The molecule has 29 heavy (non-hydrogen) atoms. The van der Waals surface area contributed by atoms with Gasteiger partial charge < -0.3 is 15.4 Å². The van der Waals surface area contributed by atoms with Gasteiger partial charge in [-0.2, -0.15) is 0 Å². The predicted molar refractivity (Wildman–Crippen MR) is 112 cm³/mol. The number of nitrogens with one attached hydrogen (secondary N) is 2. The largest absolute Gasteiger partial charge is 0.423 e. The van der Waals surface area contributed by atoms with Gasteiger partial charge >= 0.3 is 5.97 Å². The number of carbonyl (C=O) groups is 2. The Morgan fingerprint density at radius 2 is 2.00 bits per heavy atom. The molecule has 2 heterocycles. The van der Waals surface area contributed by atoms with Crippen LogP contribution in [0.3, 0.4) is 0 Å². The minimum atomic E-state index is -0.470. The van der Waals surface area contributed by atoms with E-state index in [9.17, 15) is 9.59 Å². The molecular weight excluding hydrogens is 386 g/mol. The van der Waals surface area contributed by atoms with Crippen LogP contribution in [0, 0.1) is 11.3 Å². The molecule has 0 unspecified atom stereocenters. The Balaban J connectivity index is 1.56. The molecule has 1 fully saturated rings. The van der Waals surface area contributed by atoms with Gasteiger partial charge in [-0.15, -0.1) is 0 Å². The first-order chi connectivity index (χ1) is 13.8. The van der Waals surface area contributed by atoms with Crippen molar-refractivity contribution >= 4 is 29.1 Å². The van der Waals surface area contributed by atoms with Crippen LogP contribution in [-0.4, -0.2) is 21.8 Å². The lowest BCUT2D eigenvalue weighted by molar-refractivity contribution is -0.125.